The van der Waals surface area contributed by atoms with Crippen molar-refractivity contribution in [2.24, 2.45) is 0 Å². The van der Waals surface area contributed by atoms with Gasteiger partial charge in [0.25, 0.3) is 0 Å². The molecule has 0 bridgehead atoms. The van der Waals surface area contributed by atoms with E-state index >= 15 is 0 Å². The number of nitrogens with one attached hydrogen (secondary N) is 1. The minimum Gasteiger partial charge on any atom is -0.353 e. The van der Waals surface area contributed by atoms with Crippen molar-refractivity contribution in [3.63, 3.8) is 0 Å². The quantitative estimate of drug-likeness (QED) is 0.637. The fourth-order valence-corrected chi connectivity index (χ4v) is 1.95. The molecule has 0 aliphatic heterocycles. The molecule has 0 aromatic heterocycles. The number of aryl methyl sites for hydroxylation is 1. The highest BCUT2D eigenvalue weighted by atomic mass is 19.1. The van der Waals surface area contributed by atoms with Crippen molar-refractivity contribution in [1.82, 2.24) is 5.32 Å². The van der Waals surface area contributed by atoms with Crippen LogP contribution in [0.1, 0.15) is 17.5 Å². The van der Waals surface area contributed by atoms with Crippen LogP contribution in [0.3, 0.4) is 0 Å². The molecule has 0 aliphatic carbocycles. The van der Waals surface area contributed by atoms with Crippen LogP contribution in [0, 0.1) is 5.82 Å². The van der Waals surface area contributed by atoms with Crippen molar-refractivity contribution < 1.29 is 9.18 Å². The van der Waals surface area contributed by atoms with Crippen LogP contribution in [0.5, 0.6) is 0 Å². The van der Waals surface area contributed by atoms with Crippen LogP contribution in [-0.4, -0.2) is 12.5 Å². The van der Waals surface area contributed by atoms with Crippen molar-refractivity contribution in [3.05, 3.63) is 77.6 Å². The van der Waals surface area contributed by atoms with E-state index < -0.39 is 0 Å². The Hall–Kier alpha value is -2.42. The second-order valence-corrected chi connectivity index (χ2v) is 4.77. The van der Waals surface area contributed by atoms with Crippen molar-refractivity contribution in [1.29, 1.82) is 0 Å². The molecule has 0 unspecified atom stereocenters. The summed E-state index contributed by atoms with van der Waals surface area (Å²) < 4.78 is 12.7. The van der Waals surface area contributed by atoms with Crippen molar-refractivity contribution in [2.45, 2.75) is 12.8 Å². The number of amides is 1. The van der Waals surface area contributed by atoms with Gasteiger partial charge in [-0.25, -0.2) is 4.39 Å². The van der Waals surface area contributed by atoms with E-state index in [1.54, 1.807) is 18.2 Å². The fourth-order valence-electron chi connectivity index (χ4n) is 1.95. The van der Waals surface area contributed by atoms with Crippen LogP contribution < -0.4 is 5.32 Å². The topological polar surface area (TPSA) is 29.1 Å². The second-order valence-electron chi connectivity index (χ2n) is 4.77. The summed E-state index contributed by atoms with van der Waals surface area (Å²) in [6.07, 6.45) is 4.97. The lowest BCUT2D eigenvalue weighted by Crippen LogP contribution is -2.22. The van der Waals surface area contributed by atoms with Crippen molar-refractivity contribution in [3.8, 4) is 0 Å². The molecule has 1 N–H and O–H groups in total. The Balaban J connectivity index is 1.67. The number of hydrogen-bond donors (Lipinski definition) is 1. The number of hydrogen-bond acceptors (Lipinski definition) is 1. The molecule has 1 amide bonds. The first-order valence-corrected chi connectivity index (χ1v) is 6.99. The molecule has 0 fully saturated rings. The van der Waals surface area contributed by atoms with Crippen molar-refractivity contribution >= 4 is 12.0 Å². The molecule has 0 saturated heterocycles. The van der Waals surface area contributed by atoms with Gasteiger partial charge in [0, 0.05) is 12.6 Å². The average molecular weight is 283 g/mol. The Labute approximate surface area is 124 Å². The zero-order valence-electron chi connectivity index (χ0n) is 11.8. The molecule has 2 rings (SSSR count). The maximum absolute atomic E-state index is 12.7. The van der Waals surface area contributed by atoms with E-state index in [2.05, 4.69) is 5.32 Å². The third kappa shape index (κ3) is 5.61. The highest BCUT2D eigenvalue weighted by Gasteiger charge is 1.97. The Morgan fingerprint density at radius 1 is 1.05 bits per heavy atom. The van der Waals surface area contributed by atoms with Gasteiger partial charge in [-0.05, 0) is 42.2 Å². The fraction of sp³-hybridized carbons (Fsp3) is 0.167. The van der Waals surface area contributed by atoms with Gasteiger partial charge >= 0.3 is 0 Å². The number of rotatable bonds is 6. The largest absolute Gasteiger partial charge is 0.353 e. The second kappa shape index (κ2) is 8.00. The van der Waals surface area contributed by atoms with E-state index in [-0.39, 0.29) is 11.7 Å². The summed E-state index contributed by atoms with van der Waals surface area (Å²) in [5.41, 5.74) is 2.07. The van der Waals surface area contributed by atoms with Gasteiger partial charge in [0.2, 0.25) is 5.91 Å². The summed E-state index contributed by atoms with van der Waals surface area (Å²) in [5.74, 6) is -0.323. The first-order chi connectivity index (χ1) is 10.2. The molecule has 0 heterocycles. The van der Waals surface area contributed by atoms with Gasteiger partial charge in [-0.3, -0.25) is 4.79 Å². The molecule has 3 heteroatoms. The van der Waals surface area contributed by atoms with Crippen LogP contribution in [0.25, 0.3) is 6.08 Å². The van der Waals surface area contributed by atoms with Crippen LogP contribution >= 0.6 is 0 Å². The van der Waals surface area contributed by atoms with Gasteiger partial charge in [0.15, 0.2) is 0 Å². The molecule has 108 valence electrons. The SMILES string of the molecule is O=C(/C=C/c1ccccc1)NCCCc1ccc(F)cc1. The summed E-state index contributed by atoms with van der Waals surface area (Å²) in [7, 11) is 0. The van der Waals surface area contributed by atoms with Gasteiger partial charge in [-0.15, -0.1) is 0 Å². The highest BCUT2D eigenvalue weighted by molar-refractivity contribution is 5.91. The van der Waals surface area contributed by atoms with Crippen molar-refractivity contribution in [2.75, 3.05) is 6.54 Å². The highest BCUT2D eigenvalue weighted by Crippen LogP contribution is 2.05. The lowest BCUT2D eigenvalue weighted by molar-refractivity contribution is -0.116. The molecular formula is C18H18FNO. The molecule has 2 aromatic rings. The maximum atomic E-state index is 12.7. The van der Waals surface area contributed by atoms with E-state index in [4.69, 9.17) is 0 Å². The predicted octanol–water partition coefficient (Wildman–Crippen LogP) is 3.59. The Morgan fingerprint density at radius 3 is 2.48 bits per heavy atom. The lowest BCUT2D eigenvalue weighted by atomic mass is 10.1. The van der Waals surface area contributed by atoms with E-state index in [9.17, 15) is 9.18 Å². The Kier molecular flexibility index (Phi) is 5.71. The lowest BCUT2D eigenvalue weighted by Gasteiger charge is -2.03. The number of carbonyl (C=O) groups excluding carboxylic acids is 1. The van der Waals surface area contributed by atoms with Crippen LogP contribution in [-0.2, 0) is 11.2 Å². The first-order valence-electron chi connectivity index (χ1n) is 6.99. The molecule has 0 spiro atoms. The summed E-state index contributed by atoms with van der Waals surface area (Å²) in [5, 5.41) is 2.83. The molecule has 0 aliphatic rings. The van der Waals surface area contributed by atoms with Gasteiger partial charge in [0.1, 0.15) is 5.82 Å². The normalized spacial score (nSPS) is 10.7. The summed E-state index contributed by atoms with van der Waals surface area (Å²) in [6, 6.07) is 16.1. The summed E-state index contributed by atoms with van der Waals surface area (Å²) in [6.45, 7) is 0.606. The van der Waals surface area contributed by atoms with E-state index in [1.807, 2.05) is 30.3 Å². The maximum Gasteiger partial charge on any atom is 0.243 e. The molecule has 0 radical (unpaired) electrons. The van der Waals surface area contributed by atoms with E-state index in [0.29, 0.717) is 6.54 Å². The summed E-state index contributed by atoms with van der Waals surface area (Å²) in [4.78, 5) is 11.6. The number of carbonyl (C=O) groups is 1. The molecule has 2 nitrogen and oxygen atoms in total. The Morgan fingerprint density at radius 2 is 1.76 bits per heavy atom. The zero-order valence-corrected chi connectivity index (χ0v) is 11.8. The molecule has 2 aromatic carbocycles. The van der Waals surface area contributed by atoms with E-state index in [0.717, 1.165) is 24.0 Å². The van der Waals surface area contributed by atoms with Gasteiger partial charge < -0.3 is 5.32 Å². The number of benzene rings is 2. The van der Waals surface area contributed by atoms with Crippen LogP contribution in [0.15, 0.2) is 60.7 Å². The molecule has 0 saturated carbocycles. The van der Waals surface area contributed by atoms with Gasteiger partial charge in [0.05, 0.1) is 0 Å². The third-order valence-electron chi connectivity index (χ3n) is 3.08. The van der Waals surface area contributed by atoms with Gasteiger partial charge in [-0.2, -0.15) is 0 Å². The minimum absolute atomic E-state index is 0.0991. The predicted molar refractivity (Wildman–Crippen MR) is 83.2 cm³/mol. The molecular weight excluding hydrogens is 265 g/mol. The third-order valence-corrected chi connectivity index (χ3v) is 3.08. The minimum atomic E-state index is -0.224. The van der Waals surface area contributed by atoms with Crippen LogP contribution in [0.2, 0.25) is 0 Å². The van der Waals surface area contributed by atoms with Crippen LogP contribution in [0.4, 0.5) is 4.39 Å². The average Bonchev–Trinajstić information content (AvgIpc) is 2.52. The van der Waals surface area contributed by atoms with Gasteiger partial charge in [-0.1, -0.05) is 42.5 Å². The Bertz CT molecular complexity index is 590. The number of halogens is 1. The summed E-state index contributed by atoms with van der Waals surface area (Å²) >= 11 is 0. The van der Waals surface area contributed by atoms with E-state index in [1.165, 1.54) is 18.2 Å². The zero-order chi connectivity index (χ0) is 14.9. The molecule has 0 atom stereocenters. The first kappa shape index (κ1) is 15.0. The standard InChI is InChI=1S/C18H18FNO/c19-17-11-8-16(9-12-17)7-4-14-20-18(21)13-10-15-5-2-1-3-6-15/h1-3,5-6,8-13H,4,7,14H2,(H,20,21)/b13-10+. The smallest absolute Gasteiger partial charge is 0.243 e. The molecule has 21 heavy (non-hydrogen) atoms. The monoisotopic (exact) mass is 283 g/mol.